The average molecular weight is 1010 g/mol. The molecule has 0 aliphatic carbocycles. The number of rotatable bonds is 28. The van der Waals surface area contributed by atoms with Gasteiger partial charge in [0.15, 0.2) is 12.6 Å². The van der Waals surface area contributed by atoms with Crippen molar-refractivity contribution in [2.45, 2.75) is 157 Å². The summed E-state index contributed by atoms with van der Waals surface area (Å²) >= 11 is 0. The predicted octanol–water partition coefficient (Wildman–Crippen LogP) is -9.10. The molecule has 2 heterocycles. The summed E-state index contributed by atoms with van der Waals surface area (Å²) < 4.78 is 23.1. The molecule has 16 unspecified atom stereocenters. The molecule has 0 aromatic heterocycles. The molecule has 2 fully saturated rings. The Kier molecular flexibility index (Phi) is 24.9. The second-order valence-corrected chi connectivity index (χ2v) is 16.3. The Hall–Kier alpha value is -5.74. The highest BCUT2D eigenvalue weighted by Crippen LogP contribution is 2.31. The number of amides is 7. The lowest BCUT2D eigenvalue weighted by atomic mass is 9.94. The molecule has 2 aliphatic rings. The zero-order valence-corrected chi connectivity index (χ0v) is 38.4. The lowest BCUT2D eigenvalue weighted by molar-refractivity contribution is -0.333. The molecule has 0 radical (unpaired) electrons. The number of carboxylic acid groups (broad SMARTS) is 3. The molecule has 0 bridgehead atoms. The third kappa shape index (κ3) is 18.5. The topological polar surface area (TPSA) is 500 Å². The SMILES string of the molecule is CC(=O)NC1C(OC2C(CO)OC(O)C(NC(C)=O)C2OC(C)C(=O)NC(C)C(=O)NC(CCC(=O)NC(CCCNC(=O)C(CO)NC(=O)C(N)CC(=O)O)C(=O)O)C(=O)O)OC(CO)C(O)C1O. The number of aliphatic carboxylic acids is 3. The smallest absolute Gasteiger partial charge is 0.326 e. The first-order chi connectivity index (χ1) is 32.8. The van der Waals surface area contributed by atoms with E-state index in [9.17, 15) is 88.8 Å². The van der Waals surface area contributed by atoms with Crippen LogP contribution in [-0.4, -0.2) is 229 Å². The standard InChI is InChI=1S/C39H64N8O23/c1-14(32(58)46-20(37(64)65)7-8-24(53)45-19(36(62)63)6-5-9-41-35(61)21(11-48)47-34(60)18(40)10-25(54)55)42-33(59)15(2)67-31-27(44-17(4)52)38(66)68-23(13-50)30(31)70-39-26(43-16(3)51)29(57)28(56)22(12-49)69-39/h14-15,18-23,26-31,38-39,48-50,56-57,66H,5-13,40H2,1-4H3,(H,41,61)(H,42,59)(H,43,51)(H,44,52)(H,45,53)(H,46,58)(H,47,60)(H,54,55)(H,62,63)(H,64,65). The summed E-state index contributed by atoms with van der Waals surface area (Å²) in [5, 5.41) is 106. The van der Waals surface area contributed by atoms with Crippen LogP contribution < -0.4 is 43.0 Å². The van der Waals surface area contributed by atoms with Gasteiger partial charge < -0.3 is 108 Å². The highest BCUT2D eigenvalue weighted by molar-refractivity contribution is 5.92. The van der Waals surface area contributed by atoms with Crippen LogP contribution in [0.5, 0.6) is 0 Å². The normalized spacial score (nSPS) is 26.8. The van der Waals surface area contributed by atoms with Gasteiger partial charge in [-0.2, -0.15) is 0 Å². The van der Waals surface area contributed by atoms with Gasteiger partial charge in [0.05, 0.1) is 32.3 Å². The lowest BCUT2D eigenvalue weighted by Crippen LogP contribution is -2.70. The van der Waals surface area contributed by atoms with E-state index in [0.29, 0.717) is 0 Å². The second-order valence-electron chi connectivity index (χ2n) is 16.3. The molecule has 2 aliphatic heterocycles. The molecule has 2 rings (SSSR count). The second kappa shape index (κ2) is 28.8. The molecule has 398 valence electrons. The van der Waals surface area contributed by atoms with Gasteiger partial charge >= 0.3 is 17.9 Å². The van der Waals surface area contributed by atoms with Gasteiger partial charge in [0.1, 0.15) is 79.0 Å². The monoisotopic (exact) mass is 1010 g/mol. The van der Waals surface area contributed by atoms with Crippen LogP contribution in [0.1, 0.15) is 59.8 Å². The number of carboxylic acids is 3. The molecule has 70 heavy (non-hydrogen) atoms. The Morgan fingerprint density at radius 1 is 0.657 bits per heavy atom. The fraction of sp³-hybridized carbons (Fsp3) is 0.744. The van der Waals surface area contributed by atoms with Gasteiger partial charge in [-0.1, -0.05) is 0 Å². The lowest BCUT2D eigenvalue weighted by Gasteiger charge is -2.48. The first-order valence-corrected chi connectivity index (χ1v) is 21.7. The maximum Gasteiger partial charge on any atom is 0.326 e. The summed E-state index contributed by atoms with van der Waals surface area (Å²) in [6, 6.07) is -10.9. The van der Waals surface area contributed by atoms with E-state index in [0.717, 1.165) is 27.7 Å². The number of nitrogens with two attached hydrogens (primary N) is 1. The summed E-state index contributed by atoms with van der Waals surface area (Å²) in [7, 11) is 0. The minimum atomic E-state index is -1.91. The molecular formula is C39H64N8O23. The van der Waals surface area contributed by atoms with Crippen LogP contribution in [0.3, 0.4) is 0 Å². The van der Waals surface area contributed by atoms with Crippen molar-refractivity contribution in [1.29, 1.82) is 0 Å². The van der Waals surface area contributed by atoms with E-state index in [1.165, 1.54) is 0 Å². The molecule has 31 heteroatoms. The molecule has 7 amide bonds. The molecule has 0 aromatic rings. The maximum atomic E-state index is 13.4. The van der Waals surface area contributed by atoms with Crippen LogP contribution in [0.25, 0.3) is 0 Å². The first-order valence-electron chi connectivity index (χ1n) is 21.7. The summed E-state index contributed by atoms with van der Waals surface area (Å²) in [6.45, 7) is 1.60. The number of aliphatic hydroxyl groups excluding tert-OH is 6. The summed E-state index contributed by atoms with van der Waals surface area (Å²) in [5.74, 6) is -11.0. The number of hydrogen-bond acceptors (Lipinski definition) is 21. The van der Waals surface area contributed by atoms with E-state index in [4.69, 9.17) is 29.8 Å². The zero-order valence-electron chi connectivity index (χ0n) is 38.4. The average Bonchev–Trinajstić information content (AvgIpc) is 3.28. The van der Waals surface area contributed by atoms with E-state index in [2.05, 4.69) is 37.2 Å². The molecule has 0 saturated carbocycles. The summed E-state index contributed by atoms with van der Waals surface area (Å²) in [4.78, 5) is 123. The van der Waals surface area contributed by atoms with Crippen LogP contribution >= 0.6 is 0 Å². The van der Waals surface area contributed by atoms with Crippen LogP contribution in [0.4, 0.5) is 0 Å². The number of nitrogens with one attached hydrogen (secondary N) is 7. The van der Waals surface area contributed by atoms with Crippen molar-refractivity contribution in [1.82, 2.24) is 37.2 Å². The largest absolute Gasteiger partial charge is 0.481 e. The molecular weight excluding hydrogens is 948 g/mol. The van der Waals surface area contributed by atoms with E-state index >= 15 is 0 Å². The van der Waals surface area contributed by atoms with Crippen molar-refractivity contribution < 1.29 is 113 Å². The van der Waals surface area contributed by atoms with Gasteiger partial charge in [0.2, 0.25) is 41.4 Å². The number of hydrogen-bond donors (Lipinski definition) is 17. The van der Waals surface area contributed by atoms with Gasteiger partial charge in [-0.05, 0) is 33.1 Å². The number of carbonyl (C=O) groups is 10. The Balaban J connectivity index is 2.08. The Bertz CT molecular complexity index is 1850. The number of aliphatic hydroxyl groups is 6. The van der Waals surface area contributed by atoms with E-state index in [-0.39, 0.29) is 19.4 Å². The number of carbonyl (C=O) groups excluding carboxylic acids is 7. The van der Waals surface area contributed by atoms with Gasteiger partial charge in [-0.15, -0.1) is 0 Å². The highest BCUT2D eigenvalue weighted by atomic mass is 16.7. The molecule has 0 aromatic carbocycles. The van der Waals surface area contributed by atoms with Crippen LogP contribution in [-0.2, 0) is 66.9 Å². The molecule has 2 saturated heterocycles. The molecule has 31 nitrogen and oxygen atoms in total. The van der Waals surface area contributed by atoms with Crippen molar-refractivity contribution in [2.75, 3.05) is 26.4 Å². The van der Waals surface area contributed by atoms with Crippen LogP contribution in [0.15, 0.2) is 0 Å². The third-order valence-electron chi connectivity index (χ3n) is 10.7. The van der Waals surface area contributed by atoms with Crippen molar-refractivity contribution in [3.05, 3.63) is 0 Å². The third-order valence-corrected chi connectivity index (χ3v) is 10.7. The highest BCUT2D eigenvalue weighted by Gasteiger charge is 2.53. The van der Waals surface area contributed by atoms with Crippen molar-refractivity contribution in [3.8, 4) is 0 Å². The van der Waals surface area contributed by atoms with Crippen molar-refractivity contribution in [3.63, 3.8) is 0 Å². The number of ether oxygens (including phenoxy) is 4. The van der Waals surface area contributed by atoms with Crippen molar-refractivity contribution >= 4 is 59.3 Å². The summed E-state index contributed by atoms with van der Waals surface area (Å²) in [6.07, 6.45) is -17.4. The van der Waals surface area contributed by atoms with Gasteiger partial charge in [-0.3, -0.25) is 38.4 Å². The first kappa shape index (κ1) is 60.4. The van der Waals surface area contributed by atoms with E-state index in [1.807, 2.05) is 0 Å². The minimum Gasteiger partial charge on any atom is -0.481 e. The van der Waals surface area contributed by atoms with E-state index in [1.54, 1.807) is 0 Å². The Labute approximate surface area is 398 Å². The quantitative estimate of drug-likeness (QED) is 0.0324. The van der Waals surface area contributed by atoms with Gasteiger partial charge in [-0.25, -0.2) is 9.59 Å². The van der Waals surface area contributed by atoms with Gasteiger partial charge in [0.25, 0.3) is 0 Å². The fourth-order valence-electron chi connectivity index (χ4n) is 6.96. The maximum absolute atomic E-state index is 13.4. The Morgan fingerprint density at radius 2 is 1.23 bits per heavy atom. The van der Waals surface area contributed by atoms with Crippen LogP contribution in [0.2, 0.25) is 0 Å². The van der Waals surface area contributed by atoms with E-state index < -0.39 is 196 Å². The minimum absolute atomic E-state index is 0.0719. The Morgan fingerprint density at radius 3 is 1.77 bits per heavy atom. The molecule has 0 spiro atoms. The van der Waals surface area contributed by atoms with Gasteiger partial charge in [0, 0.05) is 26.8 Å². The molecule has 18 N–H and O–H groups in total. The zero-order chi connectivity index (χ0) is 53.2. The summed E-state index contributed by atoms with van der Waals surface area (Å²) in [5.41, 5.74) is 5.44. The predicted molar refractivity (Wildman–Crippen MR) is 228 cm³/mol. The van der Waals surface area contributed by atoms with Crippen LogP contribution in [0, 0.1) is 0 Å². The molecule has 16 atom stereocenters. The van der Waals surface area contributed by atoms with Crippen molar-refractivity contribution in [2.24, 2.45) is 5.73 Å². The fourth-order valence-corrected chi connectivity index (χ4v) is 6.96.